The van der Waals surface area contributed by atoms with Gasteiger partial charge in [-0.2, -0.15) is 0 Å². The van der Waals surface area contributed by atoms with Gasteiger partial charge in [0.05, 0.1) is 11.5 Å². The molecule has 1 unspecified atom stereocenters. The van der Waals surface area contributed by atoms with Crippen LogP contribution in [0.5, 0.6) is 0 Å². The molecular weight excluding hydrogens is 276 g/mol. The molecular formula is C14H22N2O3S. The van der Waals surface area contributed by atoms with Crippen LogP contribution in [0.25, 0.3) is 0 Å². The summed E-state index contributed by atoms with van der Waals surface area (Å²) in [4.78, 5) is 0.312. The van der Waals surface area contributed by atoms with Crippen molar-refractivity contribution in [1.29, 1.82) is 0 Å². The van der Waals surface area contributed by atoms with Crippen LogP contribution in [0.15, 0.2) is 29.2 Å². The zero-order valence-corrected chi connectivity index (χ0v) is 12.7. The van der Waals surface area contributed by atoms with Crippen LogP contribution >= 0.6 is 0 Å². The maximum absolute atomic E-state index is 12.0. The summed E-state index contributed by atoms with van der Waals surface area (Å²) in [5, 5.41) is 3.27. The van der Waals surface area contributed by atoms with Crippen LogP contribution in [0.2, 0.25) is 0 Å². The fourth-order valence-electron chi connectivity index (χ4n) is 1.84. The molecule has 0 heterocycles. The van der Waals surface area contributed by atoms with Crippen molar-refractivity contribution in [1.82, 2.24) is 4.72 Å². The van der Waals surface area contributed by atoms with E-state index < -0.39 is 10.0 Å². The van der Waals surface area contributed by atoms with Gasteiger partial charge in [0, 0.05) is 24.4 Å². The first-order valence-corrected chi connectivity index (χ1v) is 8.46. The van der Waals surface area contributed by atoms with Gasteiger partial charge in [-0.3, -0.25) is 0 Å². The summed E-state index contributed by atoms with van der Waals surface area (Å²) in [5.74, 6) is 0. The van der Waals surface area contributed by atoms with Crippen LogP contribution in [-0.2, 0) is 14.8 Å². The average molecular weight is 298 g/mol. The highest BCUT2D eigenvalue weighted by molar-refractivity contribution is 7.89. The van der Waals surface area contributed by atoms with Crippen LogP contribution in [0, 0.1) is 0 Å². The quantitative estimate of drug-likeness (QED) is 0.770. The van der Waals surface area contributed by atoms with Gasteiger partial charge in [-0.05, 0) is 51.0 Å². The van der Waals surface area contributed by atoms with Crippen molar-refractivity contribution >= 4 is 15.7 Å². The smallest absolute Gasteiger partial charge is 0.240 e. The van der Waals surface area contributed by atoms with E-state index in [1.54, 1.807) is 24.3 Å². The molecule has 2 rings (SSSR count). The molecule has 0 aromatic heterocycles. The van der Waals surface area contributed by atoms with E-state index in [4.69, 9.17) is 4.74 Å². The first-order valence-electron chi connectivity index (χ1n) is 6.98. The summed E-state index contributed by atoms with van der Waals surface area (Å²) in [6.45, 7) is 5.30. The maximum atomic E-state index is 12.0. The normalized spacial score (nSPS) is 16.9. The minimum absolute atomic E-state index is 0.129. The van der Waals surface area contributed by atoms with Gasteiger partial charge in [0.25, 0.3) is 0 Å². The minimum atomic E-state index is -3.36. The molecule has 1 fully saturated rings. The zero-order chi connectivity index (χ0) is 14.6. The second-order valence-corrected chi connectivity index (χ2v) is 6.84. The highest BCUT2D eigenvalue weighted by Gasteiger charge is 2.27. The Kier molecular flexibility index (Phi) is 5.01. The van der Waals surface area contributed by atoms with Gasteiger partial charge >= 0.3 is 0 Å². The number of nitrogens with one attached hydrogen (secondary N) is 2. The van der Waals surface area contributed by atoms with Gasteiger partial charge in [0.15, 0.2) is 0 Å². The average Bonchev–Trinajstić information content (AvgIpc) is 3.20. The van der Waals surface area contributed by atoms with Gasteiger partial charge in [0.1, 0.15) is 0 Å². The van der Waals surface area contributed by atoms with Crippen molar-refractivity contribution in [2.75, 3.05) is 18.5 Å². The van der Waals surface area contributed by atoms with E-state index in [2.05, 4.69) is 10.0 Å². The summed E-state index contributed by atoms with van der Waals surface area (Å²) in [5.41, 5.74) is 0.891. The number of hydrogen-bond acceptors (Lipinski definition) is 4. The summed E-state index contributed by atoms with van der Waals surface area (Å²) in [6, 6.07) is 7.13. The largest absolute Gasteiger partial charge is 0.380 e. The van der Waals surface area contributed by atoms with Crippen molar-refractivity contribution in [2.24, 2.45) is 0 Å². The third-order valence-corrected chi connectivity index (χ3v) is 4.59. The Hall–Kier alpha value is -1.11. The molecule has 0 aliphatic heterocycles. The summed E-state index contributed by atoms with van der Waals surface area (Å²) < 4.78 is 32.0. The monoisotopic (exact) mass is 298 g/mol. The lowest BCUT2D eigenvalue weighted by atomic mass is 10.3. The topological polar surface area (TPSA) is 67.4 Å². The van der Waals surface area contributed by atoms with E-state index in [9.17, 15) is 8.42 Å². The van der Waals surface area contributed by atoms with Crippen molar-refractivity contribution in [3.05, 3.63) is 24.3 Å². The molecule has 0 radical (unpaired) electrons. The Balaban J connectivity index is 1.95. The first-order chi connectivity index (χ1) is 9.51. The molecule has 5 nitrogen and oxygen atoms in total. The standard InChI is InChI=1S/C14H22N2O3S/c1-3-19-10-11(2)15-12-6-8-14(9-7-12)20(17,18)16-13-4-5-13/h6-9,11,13,15-16H,3-5,10H2,1-2H3. The Morgan fingerprint density at radius 3 is 2.50 bits per heavy atom. The van der Waals surface area contributed by atoms with Gasteiger partial charge < -0.3 is 10.1 Å². The number of ether oxygens (including phenoxy) is 1. The van der Waals surface area contributed by atoms with E-state index in [1.165, 1.54) is 0 Å². The van der Waals surface area contributed by atoms with Gasteiger partial charge in [0.2, 0.25) is 10.0 Å². The molecule has 6 heteroatoms. The first kappa shape index (κ1) is 15.3. The predicted molar refractivity (Wildman–Crippen MR) is 79.4 cm³/mol. The highest BCUT2D eigenvalue weighted by atomic mass is 32.2. The van der Waals surface area contributed by atoms with Crippen LogP contribution < -0.4 is 10.0 Å². The minimum Gasteiger partial charge on any atom is -0.380 e. The number of rotatable bonds is 8. The molecule has 20 heavy (non-hydrogen) atoms. The van der Waals surface area contributed by atoms with E-state index in [0.717, 1.165) is 18.5 Å². The van der Waals surface area contributed by atoms with Crippen molar-refractivity contribution in [2.45, 2.75) is 43.7 Å². The third-order valence-electron chi connectivity index (χ3n) is 3.05. The molecule has 1 aliphatic carbocycles. The van der Waals surface area contributed by atoms with E-state index in [1.807, 2.05) is 13.8 Å². The summed E-state index contributed by atoms with van der Waals surface area (Å²) in [7, 11) is -3.36. The molecule has 1 atom stereocenters. The van der Waals surface area contributed by atoms with Crippen molar-refractivity contribution in [3.63, 3.8) is 0 Å². The fourth-order valence-corrected chi connectivity index (χ4v) is 3.14. The molecule has 1 saturated carbocycles. The lowest BCUT2D eigenvalue weighted by molar-refractivity contribution is 0.141. The molecule has 0 amide bonds. The number of anilines is 1. The Morgan fingerprint density at radius 2 is 1.95 bits per heavy atom. The Bertz CT molecular complexity index is 524. The molecule has 1 aromatic carbocycles. The second kappa shape index (κ2) is 6.56. The van der Waals surface area contributed by atoms with E-state index >= 15 is 0 Å². The Labute approximate surface area is 120 Å². The van der Waals surface area contributed by atoms with Crippen LogP contribution in [-0.4, -0.2) is 33.7 Å². The SMILES string of the molecule is CCOCC(C)Nc1ccc(S(=O)(=O)NC2CC2)cc1. The number of hydrogen-bond donors (Lipinski definition) is 2. The van der Waals surface area contributed by atoms with E-state index in [-0.39, 0.29) is 12.1 Å². The van der Waals surface area contributed by atoms with Crippen molar-refractivity contribution < 1.29 is 13.2 Å². The molecule has 0 spiro atoms. The molecule has 2 N–H and O–H groups in total. The molecule has 1 aliphatic rings. The third kappa shape index (κ3) is 4.47. The molecule has 0 bridgehead atoms. The van der Waals surface area contributed by atoms with Crippen LogP contribution in [0.4, 0.5) is 5.69 Å². The molecule has 0 saturated heterocycles. The molecule has 1 aromatic rings. The summed E-state index contributed by atoms with van der Waals surface area (Å²) in [6.07, 6.45) is 1.88. The molecule has 112 valence electrons. The number of benzene rings is 1. The van der Waals surface area contributed by atoms with E-state index in [0.29, 0.717) is 18.1 Å². The van der Waals surface area contributed by atoms with Gasteiger partial charge in [-0.25, -0.2) is 13.1 Å². The lowest BCUT2D eigenvalue weighted by Gasteiger charge is -2.15. The zero-order valence-electron chi connectivity index (χ0n) is 11.9. The summed E-state index contributed by atoms with van der Waals surface area (Å²) >= 11 is 0. The van der Waals surface area contributed by atoms with Gasteiger partial charge in [-0.1, -0.05) is 0 Å². The van der Waals surface area contributed by atoms with Crippen molar-refractivity contribution in [3.8, 4) is 0 Å². The number of sulfonamides is 1. The van der Waals surface area contributed by atoms with Gasteiger partial charge in [-0.15, -0.1) is 0 Å². The fraction of sp³-hybridized carbons (Fsp3) is 0.571. The highest BCUT2D eigenvalue weighted by Crippen LogP contribution is 2.22. The maximum Gasteiger partial charge on any atom is 0.240 e. The van der Waals surface area contributed by atoms with Crippen LogP contribution in [0.3, 0.4) is 0 Å². The lowest BCUT2D eigenvalue weighted by Crippen LogP contribution is -2.25. The predicted octanol–water partition coefficient (Wildman–Crippen LogP) is 1.96. The Morgan fingerprint density at radius 1 is 1.30 bits per heavy atom. The second-order valence-electron chi connectivity index (χ2n) is 5.12. The van der Waals surface area contributed by atoms with Crippen LogP contribution in [0.1, 0.15) is 26.7 Å².